The second kappa shape index (κ2) is 7.71. The summed E-state index contributed by atoms with van der Waals surface area (Å²) in [6.45, 7) is 7.66. The maximum Gasteiger partial charge on any atom is 0.242 e. The molecule has 0 aliphatic rings. The highest BCUT2D eigenvalue weighted by Gasteiger charge is 2.19. The molecule has 130 valence electrons. The van der Waals surface area contributed by atoms with Gasteiger partial charge in [-0.05, 0) is 64.1 Å². The van der Waals surface area contributed by atoms with Crippen molar-refractivity contribution in [2.75, 3.05) is 5.32 Å². The van der Waals surface area contributed by atoms with Crippen molar-refractivity contribution in [2.24, 2.45) is 0 Å². The van der Waals surface area contributed by atoms with E-state index in [1.54, 1.807) is 30.3 Å². The Labute approximate surface area is 148 Å². The van der Waals surface area contributed by atoms with Crippen LogP contribution in [0.4, 0.5) is 5.69 Å². The molecule has 0 aliphatic carbocycles. The van der Waals surface area contributed by atoms with Crippen molar-refractivity contribution < 1.29 is 9.53 Å². The molecule has 0 spiro atoms. The molecular weight excluding hydrogens is 314 g/mol. The Bertz CT molecular complexity index is 771. The van der Waals surface area contributed by atoms with E-state index < -0.39 is 0 Å². The van der Waals surface area contributed by atoms with Gasteiger partial charge in [0.15, 0.2) is 0 Å². The van der Waals surface area contributed by atoms with E-state index in [2.05, 4.69) is 16.7 Å². The van der Waals surface area contributed by atoms with Gasteiger partial charge in [-0.3, -0.25) is 4.79 Å². The van der Waals surface area contributed by atoms with Crippen LogP contribution in [0.15, 0.2) is 48.5 Å². The van der Waals surface area contributed by atoms with Crippen LogP contribution in [-0.2, 0) is 4.79 Å². The van der Waals surface area contributed by atoms with Gasteiger partial charge in [-0.1, -0.05) is 12.1 Å². The zero-order valence-corrected chi connectivity index (χ0v) is 15.0. The molecule has 0 fully saturated rings. The van der Waals surface area contributed by atoms with Gasteiger partial charge in [-0.15, -0.1) is 0 Å². The standard InChI is InChI=1S/C20H23N3O2/c1-14(19(24)23-20(2,3)4)22-16-9-11-17(12-10-16)25-18-8-6-5-7-15(18)13-21/h5-12,14,22H,1-4H3,(H,23,24). The van der Waals surface area contributed by atoms with Gasteiger partial charge in [0.05, 0.1) is 5.56 Å². The summed E-state index contributed by atoms with van der Waals surface area (Å²) in [4.78, 5) is 12.1. The smallest absolute Gasteiger partial charge is 0.242 e. The summed E-state index contributed by atoms with van der Waals surface area (Å²) < 4.78 is 5.74. The number of hydrogen-bond acceptors (Lipinski definition) is 4. The van der Waals surface area contributed by atoms with Gasteiger partial charge in [0.1, 0.15) is 23.6 Å². The molecule has 25 heavy (non-hydrogen) atoms. The van der Waals surface area contributed by atoms with Gasteiger partial charge in [-0.2, -0.15) is 5.26 Å². The molecule has 2 N–H and O–H groups in total. The van der Waals surface area contributed by atoms with Gasteiger partial charge in [0.25, 0.3) is 0 Å². The topological polar surface area (TPSA) is 74.1 Å². The van der Waals surface area contributed by atoms with Crippen molar-refractivity contribution in [3.05, 3.63) is 54.1 Å². The van der Waals surface area contributed by atoms with Gasteiger partial charge < -0.3 is 15.4 Å². The molecule has 0 saturated heterocycles. The van der Waals surface area contributed by atoms with Crippen LogP contribution in [0.3, 0.4) is 0 Å². The maximum atomic E-state index is 12.1. The second-order valence-electron chi connectivity index (χ2n) is 6.84. The van der Waals surface area contributed by atoms with E-state index in [9.17, 15) is 4.79 Å². The highest BCUT2D eigenvalue weighted by Crippen LogP contribution is 2.26. The molecule has 5 heteroatoms. The summed E-state index contributed by atoms with van der Waals surface area (Å²) in [6.07, 6.45) is 0. The van der Waals surface area contributed by atoms with Crippen molar-refractivity contribution in [3.63, 3.8) is 0 Å². The highest BCUT2D eigenvalue weighted by atomic mass is 16.5. The van der Waals surface area contributed by atoms with Gasteiger partial charge in [-0.25, -0.2) is 0 Å². The van der Waals surface area contributed by atoms with Crippen molar-refractivity contribution in [3.8, 4) is 17.6 Å². The fraction of sp³-hybridized carbons (Fsp3) is 0.300. The van der Waals surface area contributed by atoms with Gasteiger partial charge in [0.2, 0.25) is 5.91 Å². The third-order valence-electron chi connectivity index (χ3n) is 3.36. The van der Waals surface area contributed by atoms with Crippen molar-refractivity contribution >= 4 is 11.6 Å². The number of nitriles is 1. The summed E-state index contributed by atoms with van der Waals surface area (Å²) in [5.74, 6) is 1.08. The first-order valence-corrected chi connectivity index (χ1v) is 8.14. The lowest BCUT2D eigenvalue weighted by Gasteiger charge is -2.24. The number of nitrogens with one attached hydrogen (secondary N) is 2. The van der Waals surface area contributed by atoms with E-state index in [-0.39, 0.29) is 17.5 Å². The minimum absolute atomic E-state index is 0.0595. The summed E-state index contributed by atoms with van der Waals surface area (Å²) in [6, 6.07) is 16.1. The minimum Gasteiger partial charge on any atom is -0.456 e. The van der Waals surface area contributed by atoms with Crippen LogP contribution in [-0.4, -0.2) is 17.5 Å². The van der Waals surface area contributed by atoms with Crippen molar-refractivity contribution in [1.29, 1.82) is 5.26 Å². The van der Waals surface area contributed by atoms with E-state index >= 15 is 0 Å². The molecule has 0 heterocycles. The number of anilines is 1. The first kappa shape index (κ1) is 18.3. The van der Waals surface area contributed by atoms with E-state index in [4.69, 9.17) is 10.00 Å². The molecule has 1 atom stereocenters. The van der Waals surface area contributed by atoms with Crippen LogP contribution in [0.5, 0.6) is 11.5 Å². The lowest BCUT2D eigenvalue weighted by Crippen LogP contribution is -2.47. The van der Waals surface area contributed by atoms with Crippen LogP contribution in [0.2, 0.25) is 0 Å². The maximum absolute atomic E-state index is 12.1. The molecule has 0 aromatic heterocycles. The number of nitrogens with zero attached hydrogens (tertiary/aromatic N) is 1. The molecule has 0 bridgehead atoms. The zero-order chi connectivity index (χ0) is 18.4. The minimum atomic E-state index is -0.356. The Morgan fingerprint density at radius 2 is 1.76 bits per heavy atom. The number of rotatable bonds is 5. The lowest BCUT2D eigenvalue weighted by molar-refractivity contribution is -0.122. The van der Waals surface area contributed by atoms with Crippen LogP contribution < -0.4 is 15.4 Å². The number of para-hydroxylation sites is 1. The predicted molar refractivity (Wildman–Crippen MR) is 98.7 cm³/mol. The van der Waals surface area contributed by atoms with E-state index in [0.717, 1.165) is 5.69 Å². The molecule has 0 radical (unpaired) electrons. The van der Waals surface area contributed by atoms with Crippen molar-refractivity contribution in [1.82, 2.24) is 5.32 Å². The molecule has 1 unspecified atom stereocenters. The Morgan fingerprint density at radius 3 is 2.36 bits per heavy atom. The van der Waals surface area contributed by atoms with Crippen LogP contribution in [0.1, 0.15) is 33.3 Å². The number of benzene rings is 2. The summed E-state index contributed by atoms with van der Waals surface area (Å²) in [5, 5.41) is 15.2. The molecule has 0 aliphatic heterocycles. The van der Waals surface area contributed by atoms with Crippen molar-refractivity contribution in [2.45, 2.75) is 39.3 Å². The first-order valence-electron chi connectivity index (χ1n) is 8.14. The summed E-state index contributed by atoms with van der Waals surface area (Å²) in [7, 11) is 0. The second-order valence-corrected chi connectivity index (χ2v) is 6.84. The number of ether oxygens (including phenoxy) is 1. The molecular formula is C20H23N3O2. The molecule has 0 saturated carbocycles. The van der Waals surface area contributed by atoms with Gasteiger partial charge in [0, 0.05) is 11.2 Å². The van der Waals surface area contributed by atoms with Crippen LogP contribution >= 0.6 is 0 Å². The lowest BCUT2D eigenvalue weighted by atomic mass is 10.1. The van der Waals surface area contributed by atoms with E-state index in [1.807, 2.05) is 45.9 Å². The summed E-state index contributed by atoms with van der Waals surface area (Å²) in [5.41, 5.74) is 1.04. The Hall–Kier alpha value is -3.00. The SMILES string of the molecule is CC(Nc1ccc(Oc2ccccc2C#N)cc1)C(=O)NC(C)(C)C. The normalized spacial score (nSPS) is 12.0. The molecule has 2 rings (SSSR count). The van der Waals surface area contributed by atoms with E-state index in [1.165, 1.54) is 0 Å². The number of carbonyl (C=O) groups excluding carboxylic acids is 1. The molecule has 2 aromatic rings. The third kappa shape index (κ3) is 5.54. The average Bonchev–Trinajstić information content (AvgIpc) is 2.55. The Kier molecular flexibility index (Phi) is 5.66. The monoisotopic (exact) mass is 337 g/mol. The molecule has 5 nitrogen and oxygen atoms in total. The number of hydrogen-bond donors (Lipinski definition) is 2. The average molecular weight is 337 g/mol. The Morgan fingerprint density at radius 1 is 1.12 bits per heavy atom. The number of amides is 1. The largest absolute Gasteiger partial charge is 0.456 e. The van der Waals surface area contributed by atoms with Crippen LogP contribution in [0, 0.1) is 11.3 Å². The highest BCUT2D eigenvalue weighted by molar-refractivity contribution is 5.84. The first-order chi connectivity index (χ1) is 11.8. The predicted octanol–water partition coefficient (Wildman–Crippen LogP) is 4.07. The number of carbonyl (C=O) groups is 1. The van der Waals surface area contributed by atoms with Crippen LogP contribution in [0.25, 0.3) is 0 Å². The fourth-order valence-corrected chi connectivity index (χ4v) is 2.19. The quantitative estimate of drug-likeness (QED) is 0.862. The third-order valence-corrected chi connectivity index (χ3v) is 3.36. The summed E-state index contributed by atoms with van der Waals surface area (Å²) >= 11 is 0. The molecule has 1 amide bonds. The fourth-order valence-electron chi connectivity index (χ4n) is 2.19. The Balaban J connectivity index is 2.00. The molecule has 2 aromatic carbocycles. The zero-order valence-electron chi connectivity index (χ0n) is 15.0. The van der Waals surface area contributed by atoms with Gasteiger partial charge >= 0.3 is 0 Å². The van der Waals surface area contributed by atoms with E-state index in [0.29, 0.717) is 17.1 Å².